The van der Waals surface area contributed by atoms with Gasteiger partial charge in [-0.25, -0.2) is 9.97 Å². The molecule has 0 aliphatic rings. The molecule has 0 aliphatic heterocycles. The van der Waals surface area contributed by atoms with Gasteiger partial charge in [-0.1, -0.05) is 108 Å². The number of thiazole rings is 2. The molecule has 2 aromatic heterocycles. The van der Waals surface area contributed by atoms with Gasteiger partial charge in [0.1, 0.15) is 10.0 Å². The van der Waals surface area contributed by atoms with E-state index in [1.807, 2.05) is 84.9 Å². The smallest absolute Gasteiger partial charge is 0.308 e. The Balaban J connectivity index is 0.000000200. The summed E-state index contributed by atoms with van der Waals surface area (Å²) in [5.41, 5.74) is 5.14. The zero-order valence-electron chi connectivity index (χ0n) is 23.3. The van der Waals surface area contributed by atoms with E-state index in [9.17, 15) is 9.59 Å². The van der Waals surface area contributed by atoms with E-state index in [0.717, 1.165) is 42.0 Å². The summed E-state index contributed by atoms with van der Waals surface area (Å²) in [6.45, 7) is 0. The van der Waals surface area contributed by atoms with Crippen LogP contribution in [0.4, 0.5) is 0 Å². The molecule has 6 aromatic rings. The average molecular weight is 718 g/mol. The Kier molecular flexibility index (Phi) is 12.1. The molecule has 0 fully saturated rings. The number of aliphatic carboxylic acids is 2. The fourth-order valence-corrected chi connectivity index (χ4v) is 6.70. The molecule has 0 radical (unpaired) electrons. The second-order valence-electron chi connectivity index (χ2n) is 9.47. The van der Waals surface area contributed by atoms with Crippen LogP contribution in [0.5, 0.6) is 0 Å². The van der Waals surface area contributed by atoms with E-state index in [1.54, 1.807) is 24.3 Å². The van der Waals surface area contributed by atoms with Crippen LogP contribution in [0.1, 0.15) is 9.75 Å². The Hall–Kier alpha value is -3.85. The number of carbonyl (C=O) groups is 2. The van der Waals surface area contributed by atoms with Gasteiger partial charge < -0.3 is 10.2 Å². The van der Waals surface area contributed by atoms with Gasteiger partial charge in [0.15, 0.2) is 0 Å². The predicted molar refractivity (Wildman–Crippen MR) is 179 cm³/mol. The van der Waals surface area contributed by atoms with Crippen molar-refractivity contribution in [2.75, 3.05) is 0 Å². The first-order chi connectivity index (χ1) is 21.3. The van der Waals surface area contributed by atoms with Crippen molar-refractivity contribution < 1.29 is 36.3 Å². The van der Waals surface area contributed by atoms with Crippen molar-refractivity contribution in [3.8, 4) is 43.7 Å². The molecule has 0 unspecified atom stereocenters. The molecule has 0 bridgehead atoms. The number of rotatable bonds is 8. The number of aromatic nitrogens is 2. The van der Waals surface area contributed by atoms with Crippen molar-refractivity contribution in [2.45, 2.75) is 12.8 Å². The van der Waals surface area contributed by atoms with Gasteiger partial charge in [-0.2, -0.15) is 0 Å². The van der Waals surface area contributed by atoms with Crippen LogP contribution in [-0.4, -0.2) is 32.1 Å². The predicted octanol–water partition coefficient (Wildman–Crippen LogP) is 9.51. The van der Waals surface area contributed by atoms with E-state index < -0.39 is 11.9 Å². The first-order valence-corrected chi connectivity index (χ1v) is 15.7. The van der Waals surface area contributed by atoms with E-state index in [0.29, 0.717) is 21.4 Å². The fraction of sp³-hybridized carbons (Fsp3) is 0.0588. The van der Waals surface area contributed by atoms with Crippen molar-refractivity contribution in [2.24, 2.45) is 0 Å². The van der Waals surface area contributed by atoms with Crippen LogP contribution in [0.2, 0.25) is 10.0 Å². The molecule has 0 spiro atoms. The SMILES string of the molecule is O=C(O)Cc1sc(-c2ccccc2)nc1-c1ccc(Cl)cc1.O=C(O)Cc1sc(-c2ccccc2)nc1-c1ccc(Cl)cc1.[Ni]. The first-order valence-electron chi connectivity index (χ1n) is 13.3. The Morgan fingerprint density at radius 2 is 0.867 bits per heavy atom. The largest absolute Gasteiger partial charge is 0.481 e. The van der Waals surface area contributed by atoms with Crippen molar-refractivity contribution in [1.82, 2.24) is 9.97 Å². The van der Waals surface area contributed by atoms with Gasteiger partial charge in [0.25, 0.3) is 0 Å². The molecular formula is C34H24Cl2N2NiO4S2. The molecule has 0 amide bonds. The third-order valence-corrected chi connectivity index (χ3v) is 9.01. The Morgan fingerprint density at radius 1 is 0.533 bits per heavy atom. The minimum Gasteiger partial charge on any atom is -0.481 e. The number of hydrogen-bond acceptors (Lipinski definition) is 6. The molecule has 0 saturated carbocycles. The first kappa shape index (κ1) is 34.0. The molecule has 45 heavy (non-hydrogen) atoms. The monoisotopic (exact) mass is 716 g/mol. The summed E-state index contributed by atoms with van der Waals surface area (Å²) in [7, 11) is 0. The van der Waals surface area contributed by atoms with E-state index in [2.05, 4.69) is 9.97 Å². The average Bonchev–Trinajstić information content (AvgIpc) is 3.63. The van der Waals surface area contributed by atoms with E-state index in [4.69, 9.17) is 33.4 Å². The van der Waals surface area contributed by atoms with Crippen LogP contribution in [0.3, 0.4) is 0 Å². The summed E-state index contributed by atoms with van der Waals surface area (Å²) in [6.07, 6.45) is -0.0785. The van der Waals surface area contributed by atoms with E-state index >= 15 is 0 Å². The minimum absolute atomic E-state index is 0. The normalized spacial score (nSPS) is 10.4. The fourth-order valence-electron chi connectivity index (χ4n) is 4.29. The van der Waals surface area contributed by atoms with Crippen molar-refractivity contribution in [3.05, 3.63) is 129 Å². The summed E-state index contributed by atoms with van der Waals surface area (Å²) in [5, 5.41) is 21.2. The van der Waals surface area contributed by atoms with Crippen LogP contribution in [0, 0.1) is 0 Å². The maximum Gasteiger partial charge on any atom is 0.308 e. The molecule has 0 atom stereocenters. The second kappa shape index (κ2) is 15.9. The number of halogens is 2. The van der Waals surface area contributed by atoms with E-state index in [-0.39, 0.29) is 29.3 Å². The van der Waals surface area contributed by atoms with Gasteiger partial charge in [-0.15, -0.1) is 22.7 Å². The molecule has 2 N–H and O–H groups in total. The number of carboxylic acid groups (broad SMARTS) is 2. The third kappa shape index (κ3) is 9.10. The zero-order valence-corrected chi connectivity index (χ0v) is 27.4. The molecule has 0 aliphatic carbocycles. The summed E-state index contributed by atoms with van der Waals surface area (Å²) >= 11 is 14.7. The van der Waals surface area contributed by atoms with Crippen molar-refractivity contribution in [3.63, 3.8) is 0 Å². The van der Waals surface area contributed by atoms with Crippen LogP contribution >= 0.6 is 45.9 Å². The maximum atomic E-state index is 11.1. The molecule has 11 heteroatoms. The summed E-state index contributed by atoms with van der Waals surface area (Å²) in [5.74, 6) is -1.73. The van der Waals surface area contributed by atoms with Crippen molar-refractivity contribution >= 4 is 57.8 Å². The van der Waals surface area contributed by atoms with Crippen molar-refractivity contribution in [1.29, 1.82) is 0 Å². The van der Waals surface area contributed by atoms with E-state index in [1.165, 1.54) is 22.7 Å². The van der Waals surface area contributed by atoms with Crippen LogP contribution in [0.15, 0.2) is 109 Å². The molecule has 6 rings (SSSR count). The maximum absolute atomic E-state index is 11.1. The molecule has 2 heterocycles. The molecule has 0 saturated heterocycles. The number of carboxylic acids is 2. The number of hydrogen-bond donors (Lipinski definition) is 2. The number of nitrogens with zero attached hydrogens (tertiary/aromatic N) is 2. The van der Waals surface area contributed by atoms with Gasteiger partial charge >= 0.3 is 11.9 Å². The van der Waals surface area contributed by atoms with Gasteiger partial charge in [0, 0.05) is 58.5 Å². The van der Waals surface area contributed by atoms with Gasteiger partial charge in [-0.3, -0.25) is 9.59 Å². The summed E-state index contributed by atoms with van der Waals surface area (Å²) in [4.78, 5) is 33.0. The van der Waals surface area contributed by atoms with Crippen LogP contribution in [-0.2, 0) is 38.9 Å². The quantitative estimate of drug-likeness (QED) is 0.152. The molecular weight excluding hydrogens is 694 g/mol. The standard InChI is InChI=1S/2C17H12ClNO2S.Ni/c2*18-13-8-6-11(7-9-13)16-14(10-15(20)21)22-17(19-16)12-4-2-1-3-5-12;/h2*1-9H,10H2,(H,20,21);. The minimum atomic E-state index is -0.863. The van der Waals surface area contributed by atoms with Crippen LogP contribution in [0.25, 0.3) is 43.7 Å². The topological polar surface area (TPSA) is 100 Å². The van der Waals surface area contributed by atoms with Gasteiger partial charge in [0.05, 0.1) is 24.2 Å². The van der Waals surface area contributed by atoms with Gasteiger partial charge in [0.2, 0.25) is 0 Å². The molecule has 230 valence electrons. The summed E-state index contributed by atoms with van der Waals surface area (Å²) in [6, 6.07) is 34.1. The molecule has 6 nitrogen and oxygen atoms in total. The summed E-state index contributed by atoms with van der Waals surface area (Å²) < 4.78 is 0. The second-order valence-corrected chi connectivity index (χ2v) is 12.5. The Morgan fingerprint density at radius 3 is 1.18 bits per heavy atom. The van der Waals surface area contributed by atoms with Gasteiger partial charge in [-0.05, 0) is 24.3 Å². The van der Waals surface area contributed by atoms with Crippen LogP contribution < -0.4 is 0 Å². The Labute approximate surface area is 287 Å². The third-order valence-electron chi connectivity index (χ3n) is 6.30. The number of benzene rings is 4. The zero-order chi connectivity index (χ0) is 31.1. The Bertz CT molecular complexity index is 1740. The molecule has 4 aromatic carbocycles.